The Morgan fingerprint density at radius 3 is 2.72 bits per heavy atom. The smallest absolute Gasteiger partial charge is 0.286 e. The Labute approximate surface area is 262 Å². The summed E-state index contributed by atoms with van der Waals surface area (Å²) in [5.41, 5.74) is 3.56. The molecule has 2 aromatic carbocycles. The third-order valence-electron chi connectivity index (χ3n) is 8.88. The highest BCUT2D eigenvalue weighted by atomic mass is 35.5. The highest BCUT2D eigenvalue weighted by molar-refractivity contribution is 7.92. The lowest BCUT2D eigenvalue weighted by Crippen LogP contribution is -2.43. The minimum atomic E-state index is -3.24. The molecule has 0 radical (unpaired) electrons. The first-order valence-corrected chi connectivity index (χ1v) is 17.4. The van der Waals surface area contributed by atoms with Gasteiger partial charge in [-0.15, -0.1) is 17.5 Å². The van der Waals surface area contributed by atoms with E-state index in [2.05, 4.69) is 34.6 Å². The molecular formula is C34H46ClN3O4S. The summed E-state index contributed by atoms with van der Waals surface area (Å²) in [5, 5.41) is 6.51. The van der Waals surface area contributed by atoms with Gasteiger partial charge in [0.25, 0.3) is 5.91 Å². The van der Waals surface area contributed by atoms with Crippen LogP contribution < -0.4 is 14.8 Å². The van der Waals surface area contributed by atoms with Gasteiger partial charge in [-0.3, -0.25) is 4.79 Å². The molecule has 2 N–H and O–H groups in total. The molecule has 1 aliphatic carbocycles. The Bertz CT molecular complexity index is 1420. The van der Waals surface area contributed by atoms with Crippen molar-refractivity contribution in [2.75, 3.05) is 25.2 Å². The quantitative estimate of drug-likeness (QED) is 0.260. The average molecular weight is 628 g/mol. The van der Waals surface area contributed by atoms with Crippen LogP contribution in [0, 0.1) is 11.8 Å². The van der Waals surface area contributed by atoms with Gasteiger partial charge in [0.1, 0.15) is 15.7 Å². The Balaban J connectivity index is 1.75. The van der Waals surface area contributed by atoms with Crippen LogP contribution in [-0.2, 0) is 27.6 Å². The molecule has 9 heteroatoms. The van der Waals surface area contributed by atoms with Crippen LogP contribution in [0.5, 0.6) is 5.75 Å². The maximum Gasteiger partial charge on any atom is 0.286 e. The lowest BCUT2D eigenvalue weighted by atomic mass is 9.70. The van der Waals surface area contributed by atoms with Crippen LogP contribution in [0.3, 0.4) is 0 Å². The van der Waals surface area contributed by atoms with E-state index >= 15 is 0 Å². The molecule has 1 saturated carbocycles. The summed E-state index contributed by atoms with van der Waals surface area (Å²) in [6.45, 7) is 11.6. The van der Waals surface area contributed by atoms with E-state index in [-0.39, 0.29) is 6.10 Å². The van der Waals surface area contributed by atoms with Crippen LogP contribution in [0.25, 0.3) is 0 Å². The summed E-state index contributed by atoms with van der Waals surface area (Å²) in [6, 6.07) is 11.5. The first-order chi connectivity index (χ1) is 20.7. The van der Waals surface area contributed by atoms with Gasteiger partial charge in [0.05, 0.1) is 23.6 Å². The van der Waals surface area contributed by atoms with E-state index in [1.165, 1.54) is 11.1 Å². The molecule has 4 rings (SSSR count). The number of benzene rings is 2. The molecule has 1 aliphatic heterocycles. The number of carbonyl (C=O) groups is 1. The summed E-state index contributed by atoms with van der Waals surface area (Å²) < 4.78 is 29.5. The van der Waals surface area contributed by atoms with E-state index in [9.17, 15) is 9.00 Å². The van der Waals surface area contributed by atoms with Crippen molar-refractivity contribution in [3.63, 3.8) is 0 Å². The van der Waals surface area contributed by atoms with Gasteiger partial charge in [-0.1, -0.05) is 36.7 Å². The Kier molecular flexibility index (Phi) is 11.9. The molecule has 5 atom stereocenters. The fraction of sp³-hybridized carbons (Fsp3) is 0.500. The van der Waals surface area contributed by atoms with Crippen molar-refractivity contribution in [2.24, 2.45) is 21.3 Å². The number of anilines is 1. The Hall–Kier alpha value is -2.65. The number of carbonyl (C=O) groups excluding carboxylic acids is 1. The number of fused-ring (bicyclic) bond motifs is 2. The highest BCUT2D eigenvalue weighted by Gasteiger charge is 2.37. The predicted octanol–water partition coefficient (Wildman–Crippen LogP) is 7.52. The van der Waals surface area contributed by atoms with Crippen molar-refractivity contribution in [3.8, 4) is 5.75 Å². The molecule has 2 aromatic rings. The van der Waals surface area contributed by atoms with E-state index in [1.54, 1.807) is 19.3 Å². The lowest BCUT2D eigenvalue weighted by Gasteiger charge is -2.43. The third-order valence-corrected chi connectivity index (χ3v) is 11.1. The van der Waals surface area contributed by atoms with Gasteiger partial charge in [0.15, 0.2) is 0 Å². The van der Waals surface area contributed by atoms with Crippen LogP contribution in [0.4, 0.5) is 5.69 Å². The molecule has 1 unspecified atom stereocenters. The zero-order chi connectivity index (χ0) is 31.0. The number of amides is 1. The summed E-state index contributed by atoms with van der Waals surface area (Å²) in [5.74, 6) is 0.862. The molecule has 1 amide bonds. The van der Waals surface area contributed by atoms with Crippen LogP contribution in [0.2, 0.25) is 5.02 Å². The van der Waals surface area contributed by atoms with Gasteiger partial charge in [-0.05, 0) is 105 Å². The van der Waals surface area contributed by atoms with Crippen LogP contribution in [-0.4, -0.2) is 41.7 Å². The fourth-order valence-electron chi connectivity index (χ4n) is 6.21. The van der Waals surface area contributed by atoms with Gasteiger partial charge in [-0.25, -0.2) is 9.35 Å². The number of halogens is 1. The number of aryl methyl sites for hydroxylation is 1. The maximum atomic E-state index is 13.5. The molecule has 0 spiro atoms. The van der Waals surface area contributed by atoms with E-state index in [4.69, 9.17) is 26.2 Å². The van der Waals surface area contributed by atoms with Gasteiger partial charge in [0, 0.05) is 30.8 Å². The molecule has 0 saturated heterocycles. The van der Waals surface area contributed by atoms with E-state index < -0.39 is 21.1 Å². The molecule has 1 fully saturated rings. The maximum absolute atomic E-state index is 13.5. The predicted molar refractivity (Wildman–Crippen MR) is 177 cm³/mol. The van der Waals surface area contributed by atoms with Gasteiger partial charge in [-0.2, -0.15) is 0 Å². The largest absolute Gasteiger partial charge is 0.491 e. The van der Waals surface area contributed by atoms with Gasteiger partial charge < -0.3 is 14.4 Å². The van der Waals surface area contributed by atoms with E-state index in [0.717, 1.165) is 49.4 Å². The lowest BCUT2D eigenvalue weighted by molar-refractivity contribution is 0.0137. The SMILES string of the molecule is C=CCC[C@@H](CC)S(N)(=O)=NC(=O)c1ccc2c(c1)N(C[C@@H]1CC[C@H]1[C@H](C=C)OC)Cc1ccc(Cl)cc1CCCCO2. The van der Waals surface area contributed by atoms with Gasteiger partial charge >= 0.3 is 0 Å². The van der Waals surface area contributed by atoms with Crippen molar-refractivity contribution in [1.29, 1.82) is 0 Å². The van der Waals surface area contributed by atoms with E-state index in [0.29, 0.717) is 55.6 Å². The number of nitrogens with zero attached hydrogens (tertiary/aromatic N) is 2. The average Bonchev–Trinajstić information content (AvgIpc) is 3.00. The molecule has 43 heavy (non-hydrogen) atoms. The van der Waals surface area contributed by atoms with Crippen LogP contribution >= 0.6 is 11.6 Å². The van der Waals surface area contributed by atoms with Crippen LogP contribution in [0.1, 0.15) is 73.4 Å². The number of hydrogen-bond donors (Lipinski definition) is 1. The first-order valence-electron chi connectivity index (χ1n) is 15.3. The van der Waals surface area contributed by atoms with Crippen molar-refractivity contribution in [3.05, 3.63) is 83.4 Å². The molecule has 234 valence electrons. The minimum Gasteiger partial charge on any atom is -0.491 e. The summed E-state index contributed by atoms with van der Waals surface area (Å²) in [4.78, 5) is 15.8. The number of ether oxygens (including phenoxy) is 2. The second-order valence-electron chi connectivity index (χ2n) is 11.6. The topological polar surface area (TPSA) is 94.2 Å². The minimum absolute atomic E-state index is 0.0125. The summed E-state index contributed by atoms with van der Waals surface area (Å²) in [7, 11) is -1.51. The van der Waals surface area contributed by atoms with Gasteiger partial charge in [0.2, 0.25) is 0 Å². The monoisotopic (exact) mass is 627 g/mol. The summed E-state index contributed by atoms with van der Waals surface area (Å²) >= 11 is 6.42. The normalized spacial score (nSPS) is 21.3. The molecule has 7 nitrogen and oxygen atoms in total. The number of allylic oxidation sites excluding steroid dienone is 1. The number of methoxy groups -OCH3 is 1. The molecule has 1 heterocycles. The van der Waals surface area contributed by atoms with Crippen molar-refractivity contribution in [2.45, 2.75) is 76.2 Å². The fourth-order valence-corrected chi connectivity index (χ4v) is 7.87. The van der Waals surface area contributed by atoms with Crippen molar-refractivity contribution < 1.29 is 18.5 Å². The second-order valence-corrected chi connectivity index (χ2v) is 14.1. The Morgan fingerprint density at radius 1 is 1.23 bits per heavy atom. The van der Waals surface area contributed by atoms with Crippen molar-refractivity contribution >= 4 is 33.1 Å². The second kappa shape index (κ2) is 15.4. The molecule has 2 aliphatic rings. The third kappa shape index (κ3) is 8.29. The molecular weight excluding hydrogens is 582 g/mol. The first kappa shape index (κ1) is 33.2. The Morgan fingerprint density at radius 2 is 2.05 bits per heavy atom. The highest BCUT2D eigenvalue weighted by Crippen LogP contribution is 2.42. The zero-order valence-electron chi connectivity index (χ0n) is 25.5. The molecule has 0 aromatic heterocycles. The summed E-state index contributed by atoms with van der Waals surface area (Å²) in [6.07, 6.45) is 10.4. The molecule has 0 bridgehead atoms. The van der Waals surface area contributed by atoms with Crippen molar-refractivity contribution in [1.82, 2.24) is 0 Å². The van der Waals surface area contributed by atoms with Crippen LogP contribution in [0.15, 0.2) is 66.1 Å². The van der Waals surface area contributed by atoms with E-state index in [1.807, 2.05) is 31.2 Å². The standard InChI is InChI=1S/C34H46ClN3O4S/c1-5-8-12-29(6-2)43(36,40)37-34(39)25-15-18-33-31(21-25)38(23-27-14-17-30(27)32(7-3)41-4)22-26-13-16-28(35)20-24(26)11-9-10-19-42-33/h5,7,13,15-16,18,20-21,27,29-30,32H,1,3,6,8-12,14,17,19,22-23H2,2,4H3,(H2,36,37,39,40)/t27-,29+,30+,32-,43?/m0/s1. The number of nitrogens with two attached hydrogens (primary N) is 1. The zero-order valence-corrected chi connectivity index (χ0v) is 27.1. The number of hydrogen-bond acceptors (Lipinski definition) is 5. The number of rotatable bonds is 11.